The van der Waals surface area contributed by atoms with Crippen molar-refractivity contribution >= 4 is 6.03 Å². The van der Waals surface area contributed by atoms with E-state index in [2.05, 4.69) is 38.2 Å². The molecule has 4 nitrogen and oxygen atoms in total. The molecular formula is C18H28N2O2. The molecule has 0 bridgehead atoms. The van der Waals surface area contributed by atoms with Gasteiger partial charge in [-0.1, -0.05) is 51.1 Å². The van der Waals surface area contributed by atoms with Gasteiger partial charge in [-0.05, 0) is 30.2 Å². The van der Waals surface area contributed by atoms with Gasteiger partial charge in [0.25, 0.3) is 0 Å². The van der Waals surface area contributed by atoms with Crippen LogP contribution in [0.3, 0.4) is 0 Å². The Morgan fingerprint density at radius 2 is 2.05 bits per heavy atom. The SMILES string of the molecule is CC(C)(C)C(Cc1ccccc1)NC(=O)N1CCCC(O)C1. The number of hydrogen-bond acceptors (Lipinski definition) is 2. The van der Waals surface area contributed by atoms with Crippen molar-refractivity contribution in [3.63, 3.8) is 0 Å². The number of hydrogen-bond donors (Lipinski definition) is 2. The first kappa shape index (κ1) is 16.8. The smallest absolute Gasteiger partial charge is 0.317 e. The van der Waals surface area contributed by atoms with Crippen molar-refractivity contribution in [3.8, 4) is 0 Å². The van der Waals surface area contributed by atoms with Gasteiger partial charge in [-0.3, -0.25) is 0 Å². The van der Waals surface area contributed by atoms with Crippen LogP contribution in [-0.4, -0.2) is 41.3 Å². The molecule has 0 aromatic heterocycles. The fraction of sp³-hybridized carbons (Fsp3) is 0.611. The number of aliphatic hydroxyl groups is 1. The Bertz CT molecular complexity index is 482. The number of amides is 2. The molecule has 4 heteroatoms. The summed E-state index contributed by atoms with van der Waals surface area (Å²) in [7, 11) is 0. The zero-order valence-electron chi connectivity index (χ0n) is 13.9. The van der Waals surface area contributed by atoms with E-state index in [0.29, 0.717) is 6.54 Å². The summed E-state index contributed by atoms with van der Waals surface area (Å²) in [6, 6.07) is 10.2. The van der Waals surface area contributed by atoms with E-state index in [0.717, 1.165) is 25.8 Å². The molecule has 122 valence electrons. The molecule has 1 aromatic carbocycles. The molecule has 1 heterocycles. The predicted octanol–water partition coefficient (Wildman–Crippen LogP) is 2.81. The lowest BCUT2D eigenvalue weighted by Crippen LogP contribution is -2.53. The van der Waals surface area contributed by atoms with E-state index in [-0.39, 0.29) is 23.6 Å². The van der Waals surface area contributed by atoms with Crippen LogP contribution in [0.1, 0.15) is 39.2 Å². The second kappa shape index (κ2) is 7.14. The normalized spacial score (nSPS) is 20.5. The molecule has 2 rings (SSSR count). The van der Waals surface area contributed by atoms with Gasteiger partial charge in [0.2, 0.25) is 0 Å². The second-order valence-corrected chi connectivity index (χ2v) is 7.30. The number of carbonyl (C=O) groups excluding carboxylic acids is 1. The Balaban J connectivity index is 2.02. The fourth-order valence-electron chi connectivity index (χ4n) is 2.80. The maximum absolute atomic E-state index is 12.5. The Morgan fingerprint density at radius 3 is 2.64 bits per heavy atom. The van der Waals surface area contributed by atoms with Gasteiger partial charge >= 0.3 is 6.03 Å². The molecule has 0 spiro atoms. The van der Waals surface area contributed by atoms with Gasteiger partial charge in [-0.2, -0.15) is 0 Å². The molecule has 1 fully saturated rings. The summed E-state index contributed by atoms with van der Waals surface area (Å²) in [4.78, 5) is 14.2. The summed E-state index contributed by atoms with van der Waals surface area (Å²) in [5.41, 5.74) is 1.20. The summed E-state index contributed by atoms with van der Waals surface area (Å²) < 4.78 is 0. The lowest BCUT2D eigenvalue weighted by atomic mass is 9.83. The number of aliphatic hydroxyl groups excluding tert-OH is 1. The van der Waals surface area contributed by atoms with Gasteiger partial charge in [-0.25, -0.2) is 4.79 Å². The van der Waals surface area contributed by atoms with E-state index >= 15 is 0 Å². The van der Waals surface area contributed by atoms with Crippen LogP contribution in [0, 0.1) is 5.41 Å². The number of benzene rings is 1. The lowest BCUT2D eigenvalue weighted by Gasteiger charge is -2.36. The lowest BCUT2D eigenvalue weighted by molar-refractivity contribution is 0.0813. The maximum atomic E-state index is 12.5. The van der Waals surface area contributed by atoms with Gasteiger partial charge in [0, 0.05) is 19.1 Å². The number of carbonyl (C=O) groups is 1. The summed E-state index contributed by atoms with van der Waals surface area (Å²) in [6.07, 6.45) is 2.08. The van der Waals surface area contributed by atoms with Crippen molar-refractivity contribution in [2.24, 2.45) is 5.41 Å². The minimum absolute atomic E-state index is 0.0279. The molecular weight excluding hydrogens is 276 g/mol. The highest BCUT2D eigenvalue weighted by atomic mass is 16.3. The van der Waals surface area contributed by atoms with Crippen molar-refractivity contribution in [2.45, 2.75) is 52.2 Å². The number of nitrogens with zero attached hydrogens (tertiary/aromatic N) is 1. The first-order valence-corrected chi connectivity index (χ1v) is 8.13. The van der Waals surface area contributed by atoms with Crippen LogP contribution < -0.4 is 5.32 Å². The zero-order chi connectivity index (χ0) is 16.2. The van der Waals surface area contributed by atoms with Crippen molar-refractivity contribution in [3.05, 3.63) is 35.9 Å². The molecule has 1 aliphatic rings. The van der Waals surface area contributed by atoms with Crippen LogP contribution in [0.5, 0.6) is 0 Å². The number of β-amino-alcohol motifs (C(OH)–C–C–N with tert-alkyl or cyclic N) is 1. The fourth-order valence-corrected chi connectivity index (χ4v) is 2.80. The quantitative estimate of drug-likeness (QED) is 0.902. The Morgan fingerprint density at radius 1 is 1.36 bits per heavy atom. The van der Waals surface area contributed by atoms with Crippen molar-refractivity contribution in [1.29, 1.82) is 0 Å². The molecule has 2 atom stereocenters. The van der Waals surface area contributed by atoms with E-state index in [4.69, 9.17) is 0 Å². The van der Waals surface area contributed by atoms with Crippen LogP contribution in [0.25, 0.3) is 0 Å². The molecule has 0 radical (unpaired) electrons. The first-order chi connectivity index (χ1) is 10.4. The minimum Gasteiger partial charge on any atom is -0.391 e. The van der Waals surface area contributed by atoms with Crippen LogP contribution in [0.2, 0.25) is 0 Å². The van der Waals surface area contributed by atoms with Crippen molar-refractivity contribution in [2.75, 3.05) is 13.1 Å². The summed E-state index contributed by atoms with van der Waals surface area (Å²) in [5, 5.41) is 12.9. The van der Waals surface area contributed by atoms with E-state index in [9.17, 15) is 9.90 Å². The largest absolute Gasteiger partial charge is 0.391 e. The Hall–Kier alpha value is -1.55. The topological polar surface area (TPSA) is 52.6 Å². The summed E-state index contributed by atoms with van der Waals surface area (Å²) in [6.45, 7) is 7.60. The molecule has 1 aliphatic heterocycles. The van der Waals surface area contributed by atoms with E-state index in [1.165, 1.54) is 5.56 Å². The Kier molecular flexibility index (Phi) is 5.46. The third-order valence-electron chi connectivity index (χ3n) is 4.31. The van der Waals surface area contributed by atoms with Crippen LogP contribution >= 0.6 is 0 Å². The van der Waals surface area contributed by atoms with Crippen LogP contribution in [0.4, 0.5) is 4.79 Å². The second-order valence-electron chi connectivity index (χ2n) is 7.30. The average molecular weight is 304 g/mol. The standard InChI is InChI=1S/C18H28N2O2/c1-18(2,3)16(12-14-8-5-4-6-9-14)19-17(22)20-11-7-10-15(21)13-20/h4-6,8-9,15-16,21H,7,10-13H2,1-3H3,(H,19,22). The van der Waals surface area contributed by atoms with E-state index < -0.39 is 0 Å². The van der Waals surface area contributed by atoms with Crippen molar-refractivity contribution < 1.29 is 9.90 Å². The highest BCUT2D eigenvalue weighted by Gasteiger charge is 2.29. The van der Waals surface area contributed by atoms with Gasteiger partial charge in [0.1, 0.15) is 0 Å². The van der Waals surface area contributed by atoms with Crippen LogP contribution in [-0.2, 0) is 6.42 Å². The maximum Gasteiger partial charge on any atom is 0.317 e. The molecule has 0 saturated carbocycles. The zero-order valence-corrected chi connectivity index (χ0v) is 13.9. The molecule has 22 heavy (non-hydrogen) atoms. The van der Waals surface area contributed by atoms with Gasteiger partial charge in [-0.15, -0.1) is 0 Å². The molecule has 1 saturated heterocycles. The van der Waals surface area contributed by atoms with Crippen molar-refractivity contribution in [1.82, 2.24) is 10.2 Å². The summed E-state index contributed by atoms with van der Waals surface area (Å²) >= 11 is 0. The van der Waals surface area contributed by atoms with Crippen LogP contribution in [0.15, 0.2) is 30.3 Å². The predicted molar refractivity (Wildman–Crippen MR) is 88.7 cm³/mol. The summed E-state index contributed by atoms with van der Waals surface area (Å²) in [5.74, 6) is 0. The monoisotopic (exact) mass is 304 g/mol. The number of rotatable bonds is 3. The third-order valence-corrected chi connectivity index (χ3v) is 4.31. The average Bonchev–Trinajstić information content (AvgIpc) is 2.46. The minimum atomic E-state index is -0.387. The number of nitrogens with one attached hydrogen (secondary N) is 1. The third kappa shape index (κ3) is 4.73. The Labute approximate surface area is 133 Å². The number of urea groups is 1. The molecule has 2 N–H and O–H groups in total. The molecule has 2 unspecified atom stereocenters. The molecule has 2 amide bonds. The van der Waals surface area contributed by atoms with E-state index in [1.54, 1.807) is 4.90 Å². The highest BCUT2D eigenvalue weighted by Crippen LogP contribution is 2.23. The van der Waals surface area contributed by atoms with E-state index in [1.807, 2.05) is 18.2 Å². The molecule has 0 aliphatic carbocycles. The molecule has 1 aromatic rings. The van der Waals surface area contributed by atoms with Gasteiger partial charge in [0.15, 0.2) is 0 Å². The number of likely N-dealkylation sites (tertiary alicyclic amines) is 1. The highest BCUT2D eigenvalue weighted by molar-refractivity contribution is 5.74. The van der Waals surface area contributed by atoms with Gasteiger partial charge < -0.3 is 15.3 Å². The first-order valence-electron chi connectivity index (χ1n) is 8.13. The number of piperidine rings is 1. The van der Waals surface area contributed by atoms with Gasteiger partial charge in [0.05, 0.1) is 6.10 Å².